The zero-order valence-electron chi connectivity index (χ0n) is 19.0. The third kappa shape index (κ3) is 3.98. The molecular weight excluding hydrogens is 444 g/mol. The van der Waals surface area contributed by atoms with Crippen molar-refractivity contribution >= 4 is 40.2 Å². The Bertz CT molecular complexity index is 1090. The number of hydrogen-bond acceptors (Lipinski definition) is 5. The van der Waals surface area contributed by atoms with E-state index in [4.69, 9.17) is 16.0 Å². The Kier molecular flexibility index (Phi) is 5.79. The molecule has 2 unspecified atom stereocenters. The Morgan fingerprint density at radius 1 is 1.27 bits per heavy atom. The second-order valence-corrected chi connectivity index (χ2v) is 10.3. The van der Waals surface area contributed by atoms with Crippen molar-refractivity contribution in [2.24, 2.45) is 0 Å². The topological polar surface area (TPSA) is 107 Å². The van der Waals surface area contributed by atoms with Crippen LogP contribution >= 0.6 is 11.6 Å². The predicted molar refractivity (Wildman–Crippen MR) is 126 cm³/mol. The van der Waals surface area contributed by atoms with Gasteiger partial charge in [-0.25, -0.2) is 4.79 Å². The summed E-state index contributed by atoms with van der Waals surface area (Å²) in [6, 6.07) is 3.26. The molecule has 5 rings (SSSR count). The first-order valence-electron chi connectivity index (χ1n) is 11.9. The number of benzene rings is 1. The van der Waals surface area contributed by atoms with Crippen LogP contribution in [0.15, 0.2) is 16.5 Å². The minimum Gasteiger partial charge on any atom is -0.450 e. The molecule has 9 heteroatoms. The highest BCUT2D eigenvalue weighted by Gasteiger charge is 2.44. The van der Waals surface area contributed by atoms with Gasteiger partial charge >= 0.3 is 6.03 Å². The zero-order chi connectivity index (χ0) is 23.3. The fourth-order valence-corrected chi connectivity index (χ4v) is 5.90. The van der Waals surface area contributed by atoms with Gasteiger partial charge in [-0.2, -0.15) is 0 Å². The molecule has 3 aliphatic rings. The molecule has 1 saturated carbocycles. The number of carbonyl (C=O) groups is 2. The number of nitrogens with one attached hydrogen (secondary N) is 3. The van der Waals surface area contributed by atoms with Gasteiger partial charge in [-0.15, -0.1) is 0 Å². The number of fused-ring (bicyclic) bond motifs is 4. The molecule has 8 nitrogen and oxygen atoms in total. The first kappa shape index (κ1) is 22.5. The molecule has 3 heterocycles. The van der Waals surface area contributed by atoms with E-state index in [1.807, 2.05) is 13.8 Å². The summed E-state index contributed by atoms with van der Waals surface area (Å²) in [5.41, 5.74) is 1.48. The number of hydrogen-bond donors (Lipinski definition) is 4. The molecule has 2 atom stereocenters. The fraction of sp³-hybridized carbons (Fsp3) is 0.583. The number of aliphatic hydroxyl groups excluding tert-OH is 1. The Morgan fingerprint density at radius 2 is 2.03 bits per heavy atom. The van der Waals surface area contributed by atoms with Crippen LogP contribution in [0.4, 0.5) is 10.5 Å². The average Bonchev–Trinajstić information content (AvgIpc) is 3.37. The number of anilines is 1. The van der Waals surface area contributed by atoms with Gasteiger partial charge in [-0.1, -0.05) is 30.9 Å². The van der Waals surface area contributed by atoms with Crippen molar-refractivity contribution in [3.63, 3.8) is 0 Å². The summed E-state index contributed by atoms with van der Waals surface area (Å²) in [7, 11) is 0. The average molecular weight is 475 g/mol. The van der Waals surface area contributed by atoms with E-state index in [0.717, 1.165) is 49.5 Å². The summed E-state index contributed by atoms with van der Waals surface area (Å²) in [6.45, 7) is 4.44. The molecule has 0 bridgehead atoms. The van der Waals surface area contributed by atoms with Gasteiger partial charge in [0.15, 0.2) is 5.76 Å². The van der Waals surface area contributed by atoms with E-state index in [2.05, 4.69) is 16.0 Å². The Labute approximate surface area is 198 Å². The predicted octanol–water partition coefficient (Wildman–Crippen LogP) is 4.30. The van der Waals surface area contributed by atoms with Gasteiger partial charge in [0.05, 0.1) is 16.2 Å². The Hall–Kier alpha value is -2.29. The van der Waals surface area contributed by atoms with Crippen molar-refractivity contribution in [3.05, 3.63) is 28.5 Å². The van der Waals surface area contributed by atoms with Crippen LogP contribution < -0.4 is 16.0 Å². The number of urea groups is 1. The minimum atomic E-state index is -0.543. The summed E-state index contributed by atoms with van der Waals surface area (Å²) < 4.78 is 6.25. The smallest absolute Gasteiger partial charge is 0.319 e. The molecule has 3 amide bonds. The lowest BCUT2D eigenvalue weighted by Crippen LogP contribution is -2.52. The van der Waals surface area contributed by atoms with E-state index in [1.54, 1.807) is 17.0 Å². The van der Waals surface area contributed by atoms with E-state index in [0.29, 0.717) is 29.3 Å². The number of nitrogens with zero attached hydrogens (tertiary/aromatic N) is 1. The van der Waals surface area contributed by atoms with Gasteiger partial charge in [-0.3, -0.25) is 10.1 Å². The van der Waals surface area contributed by atoms with Gasteiger partial charge in [0.1, 0.15) is 11.8 Å². The van der Waals surface area contributed by atoms with Crippen LogP contribution in [0.25, 0.3) is 11.0 Å². The lowest BCUT2D eigenvalue weighted by atomic mass is 9.74. The van der Waals surface area contributed by atoms with Crippen LogP contribution in [0.2, 0.25) is 5.02 Å². The highest BCUT2D eigenvalue weighted by Crippen LogP contribution is 2.49. The molecule has 1 aromatic carbocycles. The quantitative estimate of drug-likeness (QED) is 0.528. The molecule has 4 N–H and O–H groups in total. The third-order valence-corrected chi connectivity index (χ3v) is 7.56. The number of halogens is 1. The largest absolute Gasteiger partial charge is 0.450 e. The lowest BCUT2D eigenvalue weighted by molar-refractivity contribution is 0.0647. The summed E-state index contributed by atoms with van der Waals surface area (Å²) in [5.74, 6) is 0.0596. The van der Waals surface area contributed by atoms with Gasteiger partial charge in [-0.05, 0) is 51.7 Å². The SMILES string of the molecule is CC(C)N(CC1CCC(O)N1)C(=O)c1cc2cc(Cl)c3c(c2o1)C1(CCCCC1)NC(=O)N3. The maximum Gasteiger partial charge on any atom is 0.319 e. The van der Waals surface area contributed by atoms with Crippen LogP contribution in [0.1, 0.15) is 74.9 Å². The molecular formula is C24H31ClN4O4. The molecule has 1 aromatic heterocycles. The van der Waals surface area contributed by atoms with Crippen molar-refractivity contribution in [1.29, 1.82) is 0 Å². The second kappa shape index (κ2) is 8.49. The van der Waals surface area contributed by atoms with Crippen LogP contribution in [-0.4, -0.2) is 46.8 Å². The molecule has 2 aliphatic heterocycles. The standard InChI is InChI=1S/C24H31ClN4O4/c1-13(2)29(12-15-6-7-18(30)26-15)22(31)17-11-14-10-16(25)20-19(21(14)33-17)24(28-23(32)27-20)8-4-3-5-9-24/h10-11,13,15,18,26,30H,3-9,12H2,1-2H3,(H2,27,28,32). The summed E-state index contributed by atoms with van der Waals surface area (Å²) in [4.78, 5) is 27.8. The van der Waals surface area contributed by atoms with Crippen LogP contribution in [0, 0.1) is 0 Å². The summed E-state index contributed by atoms with van der Waals surface area (Å²) in [5, 5.41) is 20.1. The van der Waals surface area contributed by atoms with Crippen molar-refractivity contribution in [1.82, 2.24) is 15.5 Å². The zero-order valence-corrected chi connectivity index (χ0v) is 19.8. The third-order valence-electron chi connectivity index (χ3n) is 7.26. The van der Waals surface area contributed by atoms with E-state index in [9.17, 15) is 14.7 Å². The maximum atomic E-state index is 13.5. The van der Waals surface area contributed by atoms with Gasteiger partial charge in [0.25, 0.3) is 5.91 Å². The molecule has 2 aromatic rings. The molecule has 0 radical (unpaired) electrons. The summed E-state index contributed by atoms with van der Waals surface area (Å²) >= 11 is 6.61. The number of amides is 3. The number of furan rings is 1. The highest BCUT2D eigenvalue weighted by atomic mass is 35.5. The first-order valence-corrected chi connectivity index (χ1v) is 12.3. The van der Waals surface area contributed by atoms with E-state index < -0.39 is 11.8 Å². The van der Waals surface area contributed by atoms with Crippen LogP contribution in [0.3, 0.4) is 0 Å². The maximum absolute atomic E-state index is 13.5. The molecule has 178 valence electrons. The van der Waals surface area contributed by atoms with Crippen molar-refractivity contribution in [3.8, 4) is 0 Å². The Balaban J connectivity index is 1.55. The van der Waals surface area contributed by atoms with E-state index >= 15 is 0 Å². The number of rotatable bonds is 4. The fourth-order valence-electron chi connectivity index (χ4n) is 5.64. The molecule has 1 saturated heterocycles. The highest BCUT2D eigenvalue weighted by molar-refractivity contribution is 6.35. The molecule has 1 spiro atoms. The van der Waals surface area contributed by atoms with Crippen LogP contribution in [0.5, 0.6) is 0 Å². The van der Waals surface area contributed by atoms with Crippen molar-refractivity contribution in [2.75, 3.05) is 11.9 Å². The molecule has 1 aliphatic carbocycles. The van der Waals surface area contributed by atoms with Crippen molar-refractivity contribution in [2.45, 2.75) is 82.6 Å². The molecule has 2 fully saturated rings. The summed E-state index contributed by atoms with van der Waals surface area (Å²) in [6.07, 6.45) is 5.72. The second-order valence-electron chi connectivity index (χ2n) is 9.87. The number of aliphatic hydroxyl groups is 1. The van der Waals surface area contributed by atoms with Gasteiger partial charge in [0.2, 0.25) is 0 Å². The Morgan fingerprint density at radius 3 is 2.70 bits per heavy atom. The van der Waals surface area contributed by atoms with Gasteiger partial charge in [0, 0.05) is 29.6 Å². The van der Waals surface area contributed by atoms with E-state index in [-0.39, 0.29) is 29.8 Å². The van der Waals surface area contributed by atoms with Crippen LogP contribution in [-0.2, 0) is 5.54 Å². The monoisotopic (exact) mass is 474 g/mol. The lowest BCUT2D eigenvalue weighted by Gasteiger charge is -2.42. The van der Waals surface area contributed by atoms with Crippen molar-refractivity contribution < 1.29 is 19.1 Å². The number of carbonyl (C=O) groups excluding carboxylic acids is 2. The minimum absolute atomic E-state index is 0.0339. The normalized spacial score (nSPS) is 24.1. The molecule has 33 heavy (non-hydrogen) atoms. The van der Waals surface area contributed by atoms with E-state index in [1.165, 1.54) is 0 Å². The van der Waals surface area contributed by atoms with Gasteiger partial charge < -0.3 is 25.1 Å². The first-order chi connectivity index (χ1) is 15.8.